The second-order valence-electron chi connectivity index (χ2n) is 4.04. The van der Waals surface area contributed by atoms with Crippen LogP contribution in [0.15, 0.2) is 30.6 Å². The van der Waals surface area contributed by atoms with Crippen molar-refractivity contribution in [1.82, 2.24) is 9.78 Å². The molecule has 1 atom stereocenters. The lowest BCUT2D eigenvalue weighted by Gasteiger charge is -2.09. The van der Waals surface area contributed by atoms with Crippen LogP contribution >= 0.6 is 0 Å². The lowest BCUT2D eigenvalue weighted by molar-refractivity contribution is 0.576. The summed E-state index contributed by atoms with van der Waals surface area (Å²) in [4.78, 5) is 0. The van der Waals surface area contributed by atoms with Gasteiger partial charge in [0.2, 0.25) is 0 Å². The number of nitrogens with zero attached hydrogens (tertiary/aromatic N) is 2. The Bertz CT molecular complexity index is 502. The van der Waals surface area contributed by atoms with Crippen LogP contribution in [-0.2, 0) is 13.5 Å². The highest BCUT2D eigenvalue weighted by Crippen LogP contribution is 2.17. The molecule has 0 aliphatic carbocycles. The van der Waals surface area contributed by atoms with Gasteiger partial charge in [-0.25, -0.2) is 8.78 Å². The third-order valence-electron chi connectivity index (χ3n) is 2.53. The number of hydrogen-bond donors (Lipinski definition) is 1. The van der Waals surface area contributed by atoms with Crippen molar-refractivity contribution in [2.75, 3.05) is 0 Å². The second-order valence-corrected chi connectivity index (χ2v) is 4.04. The molecule has 90 valence electrons. The van der Waals surface area contributed by atoms with Crippen molar-refractivity contribution in [3.8, 4) is 0 Å². The minimum absolute atomic E-state index is 0.315. The summed E-state index contributed by atoms with van der Waals surface area (Å²) in [5, 5.41) is 4.00. The molecule has 0 saturated heterocycles. The summed E-state index contributed by atoms with van der Waals surface area (Å²) in [6.45, 7) is 0. The Kier molecular flexibility index (Phi) is 3.19. The minimum Gasteiger partial charge on any atom is -0.324 e. The molecule has 17 heavy (non-hydrogen) atoms. The van der Waals surface area contributed by atoms with E-state index in [9.17, 15) is 8.78 Å². The van der Waals surface area contributed by atoms with Crippen molar-refractivity contribution in [1.29, 1.82) is 0 Å². The largest absolute Gasteiger partial charge is 0.324 e. The molecular formula is C12H13F2N3. The van der Waals surface area contributed by atoms with Crippen molar-refractivity contribution in [2.24, 2.45) is 12.8 Å². The molecule has 3 nitrogen and oxygen atoms in total. The topological polar surface area (TPSA) is 43.8 Å². The first-order valence-corrected chi connectivity index (χ1v) is 5.23. The molecule has 0 saturated carbocycles. The van der Waals surface area contributed by atoms with E-state index in [0.717, 1.165) is 11.6 Å². The van der Waals surface area contributed by atoms with E-state index in [4.69, 9.17) is 5.73 Å². The van der Waals surface area contributed by atoms with Crippen LogP contribution in [0.25, 0.3) is 0 Å². The zero-order valence-corrected chi connectivity index (χ0v) is 9.40. The molecule has 0 aliphatic heterocycles. The number of rotatable bonds is 3. The van der Waals surface area contributed by atoms with Gasteiger partial charge < -0.3 is 5.73 Å². The quantitative estimate of drug-likeness (QED) is 0.886. The fraction of sp³-hybridized carbons (Fsp3) is 0.250. The SMILES string of the molecule is Cn1cc(C(N)Cc2cc(F)cc(F)c2)cn1. The van der Waals surface area contributed by atoms with Gasteiger partial charge in [-0.2, -0.15) is 5.10 Å². The van der Waals surface area contributed by atoms with E-state index in [1.807, 2.05) is 0 Å². The van der Waals surface area contributed by atoms with E-state index in [0.29, 0.717) is 12.0 Å². The summed E-state index contributed by atoms with van der Waals surface area (Å²) in [6.07, 6.45) is 3.82. The molecular weight excluding hydrogens is 224 g/mol. The lowest BCUT2D eigenvalue weighted by atomic mass is 10.0. The van der Waals surface area contributed by atoms with Crippen molar-refractivity contribution in [3.63, 3.8) is 0 Å². The third kappa shape index (κ3) is 2.88. The number of aromatic nitrogens is 2. The number of aryl methyl sites for hydroxylation is 1. The molecule has 1 aromatic heterocycles. The van der Waals surface area contributed by atoms with Crippen LogP contribution in [0.5, 0.6) is 0 Å². The first-order chi connectivity index (χ1) is 8.04. The van der Waals surface area contributed by atoms with Gasteiger partial charge in [-0.15, -0.1) is 0 Å². The lowest BCUT2D eigenvalue weighted by Crippen LogP contribution is -2.13. The monoisotopic (exact) mass is 237 g/mol. The van der Waals surface area contributed by atoms with Crippen LogP contribution in [0.4, 0.5) is 8.78 Å². The first kappa shape index (κ1) is 11.7. The van der Waals surface area contributed by atoms with Gasteiger partial charge in [0.25, 0.3) is 0 Å². The summed E-state index contributed by atoms with van der Waals surface area (Å²) in [6, 6.07) is 3.11. The van der Waals surface area contributed by atoms with Crippen LogP contribution in [0.1, 0.15) is 17.2 Å². The molecule has 2 N–H and O–H groups in total. The molecule has 0 radical (unpaired) electrons. The van der Waals surface area contributed by atoms with Gasteiger partial charge in [0.15, 0.2) is 0 Å². The maximum absolute atomic E-state index is 13.0. The highest BCUT2D eigenvalue weighted by molar-refractivity contribution is 5.21. The Hall–Kier alpha value is -1.75. The molecule has 0 bridgehead atoms. The average Bonchev–Trinajstić information content (AvgIpc) is 2.63. The fourth-order valence-electron chi connectivity index (χ4n) is 1.73. The van der Waals surface area contributed by atoms with Crippen LogP contribution in [0.3, 0.4) is 0 Å². The summed E-state index contributed by atoms with van der Waals surface area (Å²) in [7, 11) is 1.79. The van der Waals surface area contributed by atoms with E-state index in [1.165, 1.54) is 12.1 Å². The Balaban J connectivity index is 2.15. The minimum atomic E-state index is -0.585. The fourth-order valence-corrected chi connectivity index (χ4v) is 1.73. The van der Waals surface area contributed by atoms with Crippen molar-refractivity contribution < 1.29 is 8.78 Å². The predicted molar refractivity (Wildman–Crippen MR) is 60.2 cm³/mol. The molecule has 0 spiro atoms. The van der Waals surface area contributed by atoms with Crippen LogP contribution < -0.4 is 5.73 Å². The summed E-state index contributed by atoms with van der Waals surface area (Å²) >= 11 is 0. The molecule has 1 aromatic carbocycles. The standard InChI is InChI=1S/C12H13F2N3/c1-17-7-9(6-16-17)12(15)4-8-2-10(13)5-11(14)3-8/h2-3,5-7,12H,4,15H2,1H3. The normalized spacial score (nSPS) is 12.7. The molecule has 2 rings (SSSR count). The van der Waals surface area contributed by atoms with Crippen LogP contribution in [-0.4, -0.2) is 9.78 Å². The highest BCUT2D eigenvalue weighted by atomic mass is 19.1. The molecule has 5 heteroatoms. The van der Waals surface area contributed by atoms with Crippen molar-refractivity contribution in [3.05, 3.63) is 53.4 Å². The van der Waals surface area contributed by atoms with Gasteiger partial charge in [0.1, 0.15) is 11.6 Å². The molecule has 0 amide bonds. The molecule has 0 aliphatic rings. The van der Waals surface area contributed by atoms with E-state index >= 15 is 0 Å². The van der Waals surface area contributed by atoms with Crippen molar-refractivity contribution in [2.45, 2.75) is 12.5 Å². The molecule has 1 unspecified atom stereocenters. The number of nitrogens with two attached hydrogens (primary N) is 1. The Morgan fingerprint density at radius 2 is 1.94 bits per heavy atom. The number of halogens is 2. The van der Waals surface area contributed by atoms with E-state index < -0.39 is 11.6 Å². The van der Waals surface area contributed by atoms with E-state index in [1.54, 1.807) is 24.1 Å². The summed E-state index contributed by atoms with van der Waals surface area (Å²) in [5.74, 6) is -1.17. The second kappa shape index (κ2) is 4.63. The zero-order valence-electron chi connectivity index (χ0n) is 9.40. The van der Waals surface area contributed by atoms with Gasteiger partial charge in [-0.3, -0.25) is 4.68 Å². The third-order valence-corrected chi connectivity index (χ3v) is 2.53. The van der Waals surface area contributed by atoms with E-state index in [-0.39, 0.29) is 6.04 Å². The maximum Gasteiger partial charge on any atom is 0.126 e. The first-order valence-electron chi connectivity index (χ1n) is 5.23. The van der Waals surface area contributed by atoms with Crippen molar-refractivity contribution >= 4 is 0 Å². The van der Waals surface area contributed by atoms with Gasteiger partial charge in [0, 0.05) is 30.9 Å². The van der Waals surface area contributed by atoms with Gasteiger partial charge in [0.05, 0.1) is 6.20 Å². The predicted octanol–water partition coefficient (Wildman–Crippen LogP) is 1.94. The zero-order chi connectivity index (χ0) is 12.4. The molecule has 2 aromatic rings. The Labute approximate surface area is 97.9 Å². The summed E-state index contributed by atoms with van der Waals surface area (Å²) < 4.78 is 27.6. The van der Waals surface area contributed by atoms with Crippen LogP contribution in [0, 0.1) is 11.6 Å². The number of hydrogen-bond acceptors (Lipinski definition) is 2. The molecule has 1 heterocycles. The number of benzene rings is 1. The Morgan fingerprint density at radius 3 is 2.47 bits per heavy atom. The summed E-state index contributed by atoms with van der Waals surface area (Å²) in [5.41, 5.74) is 7.33. The van der Waals surface area contributed by atoms with Gasteiger partial charge in [-0.1, -0.05) is 0 Å². The van der Waals surface area contributed by atoms with Gasteiger partial charge >= 0.3 is 0 Å². The molecule has 0 fully saturated rings. The maximum atomic E-state index is 13.0. The highest BCUT2D eigenvalue weighted by Gasteiger charge is 2.10. The Morgan fingerprint density at radius 1 is 1.29 bits per heavy atom. The van der Waals surface area contributed by atoms with Crippen LogP contribution in [0.2, 0.25) is 0 Å². The smallest absolute Gasteiger partial charge is 0.126 e. The average molecular weight is 237 g/mol. The van der Waals surface area contributed by atoms with E-state index in [2.05, 4.69) is 5.10 Å². The van der Waals surface area contributed by atoms with Gasteiger partial charge in [-0.05, 0) is 24.1 Å².